The van der Waals surface area contributed by atoms with Crippen LogP contribution in [-0.2, 0) is 0 Å². The second-order valence-electron chi connectivity index (χ2n) is 6.27. The van der Waals surface area contributed by atoms with Crippen molar-refractivity contribution in [3.63, 3.8) is 0 Å². The Morgan fingerprint density at radius 2 is 1.86 bits per heavy atom. The van der Waals surface area contributed by atoms with Gasteiger partial charge < -0.3 is 15.3 Å². The molecule has 0 radical (unpaired) electrons. The number of piperidine rings is 1. The molecule has 1 aliphatic rings. The molecule has 1 saturated heterocycles. The fourth-order valence-corrected chi connectivity index (χ4v) is 3.09. The molecule has 0 aliphatic carbocycles. The summed E-state index contributed by atoms with van der Waals surface area (Å²) in [6.07, 6.45) is 2.21. The minimum Gasteiger partial charge on any atom is -0.392 e. The van der Waals surface area contributed by atoms with E-state index < -0.39 is 0 Å². The van der Waals surface area contributed by atoms with Crippen LogP contribution in [0.3, 0.4) is 0 Å². The Balaban J connectivity index is 1.70. The van der Waals surface area contributed by atoms with Crippen molar-refractivity contribution >= 4 is 11.6 Å². The second kappa shape index (κ2) is 8.14. The quantitative estimate of drug-likeness (QED) is 0.847. The van der Waals surface area contributed by atoms with E-state index in [9.17, 15) is 5.11 Å². The Morgan fingerprint density at radius 3 is 2.43 bits per heavy atom. The Labute approximate surface area is 133 Å². The summed E-state index contributed by atoms with van der Waals surface area (Å²) in [6.45, 7) is 8.14. The van der Waals surface area contributed by atoms with Gasteiger partial charge in [0.05, 0.1) is 6.10 Å². The van der Waals surface area contributed by atoms with E-state index in [0.29, 0.717) is 6.04 Å². The molecule has 2 atom stereocenters. The summed E-state index contributed by atoms with van der Waals surface area (Å²) in [4.78, 5) is 2.36. The van der Waals surface area contributed by atoms with Crippen LogP contribution < -0.4 is 5.32 Å². The smallest absolute Gasteiger partial charge is 0.0639 e. The van der Waals surface area contributed by atoms with Crippen LogP contribution in [0.15, 0.2) is 24.3 Å². The number of β-amino-alcohol motifs (C(OH)–C–C–N with tert-alkyl or cyclic N) is 1. The summed E-state index contributed by atoms with van der Waals surface area (Å²) in [5, 5.41) is 13.8. The highest BCUT2D eigenvalue weighted by Gasteiger charge is 2.20. The SMILES string of the molecule is C[C@@H](O)CN1CCC(CN[C@H](C)c2ccc(Cl)cc2)CC1. The number of benzene rings is 1. The number of nitrogens with one attached hydrogen (secondary N) is 1. The standard InChI is InChI=1S/C17H27ClN2O/c1-13(21)12-20-9-7-15(8-10-20)11-19-14(2)16-3-5-17(18)6-4-16/h3-6,13-15,19,21H,7-12H2,1-2H3/t13-,14-/m1/s1. The van der Waals surface area contributed by atoms with Gasteiger partial charge in [0.25, 0.3) is 0 Å². The van der Waals surface area contributed by atoms with Crippen molar-refractivity contribution in [1.29, 1.82) is 0 Å². The molecule has 2 N–H and O–H groups in total. The topological polar surface area (TPSA) is 35.5 Å². The minimum absolute atomic E-state index is 0.218. The minimum atomic E-state index is -0.218. The zero-order valence-corrected chi connectivity index (χ0v) is 13.8. The van der Waals surface area contributed by atoms with E-state index in [4.69, 9.17) is 11.6 Å². The second-order valence-corrected chi connectivity index (χ2v) is 6.71. The van der Waals surface area contributed by atoms with E-state index in [0.717, 1.165) is 37.1 Å². The molecule has 1 heterocycles. The van der Waals surface area contributed by atoms with Crippen LogP contribution in [0.4, 0.5) is 0 Å². The number of halogens is 1. The van der Waals surface area contributed by atoms with Crippen LogP contribution in [0.1, 0.15) is 38.3 Å². The lowest BCUT2D eigenvalue weighted by molar-refractivity contribution is 0.0994. The van der Waals surface area contributed by atoms with Crippen molar-refractivity contribution < 1.29 is 5.11 Å². The van der Waals surface area contributed by atoms with E-state index in [1.54, 1.807) is 0 Å². The normalized spacial score (nSPS) is 20.4. The molecule has 0 saturated carbocycles. The number of aliphatic hydroxyl groups is 1. The van der Waals surface area contributed by atoms with Crippen molar-refractivity contribution in [3.8, 4) is 0 Å². The molecular formula is C17H27ClN2O. The molecule has 21 heavy (non-hydrogen) atoms. The van der Waals surface area contributed by atoms with Crippen LogP contribution in [0.25, 0.3) is 0 Å². The van der Waals surface area contributed by atoms with Gasteiger partial charge in [-0.25, -0.2) is 0 Å². The van der Waals surface area contributed by atoms with Crippen LogP contribution in [0.2, 0.25) is 5.02 Å². The third-order valence-electron chi connectivity index (χ3n) is 4.31. The summed E-state index contributed by atoms with van der Waals surface area (Å²) in [6, 6.07) is 8.43. The lowest BCUT2D eigenvalue weighted by atomic mass is 9.96. The molecule has 3 nitrogen and oxygen atoms in total. The zero-order chi connectivity index (χ0) is 15.2. The van der Waals surface area contributed by atoms with Gasteiger partial charge >= 0.3 is 0 Å². The third kappa shape index (κ3) is 5.59. The Bertz CT molecular complexity index is 413. The molecule has 1 fully saturated rings. The van der Waals surface area contributed by atoms with E-state index in [-0.39, 0.29) is 6.10 Å². The van der Waals surface area contributed by atoms with Gasteiger partial charge in [0.2, 0.25) is 0 Å². The fourth-order valence-electron chi connectivity index (χ4n) is 2.96. The average molecular weight is 311 g/mol. The van der Waals surface area contributed by atoms with Crippen LogP contribution in [-0.4, -0.2) is 42.3 Å². The molecule has 1 aliphatic heterocycles. The summed E-state index contributed by atoms with van der Waals surface area (Å²) in [5.74, 6) is 0.741. The van der Waals surface area contributed by atoms with Gasteiger partial charge in [-0.3, -0.25) is 0 Å². The van der Waals surface area contributed by atoms with Gasteiger partial charge in [-0.15, -0.1) is 0 Å². The van der Waals surface area contributed by atoms with E-state index in [2.05, 4.69) is 29.3 Å². The first-order chi connectivity index (χ1) is 10.0. The Hall–Kier alpha value is -0.610. The maximum absolute atomic E-state index is 9.43. The van der Waals surface area contributed by atoms with Gasteiger partial charge in [0.15, 0.2) is 0 Å². The summed E-state index contributed by atoms with van der Waals surface area (Å²) >= 11 is 5.92. The van der Waals surface area contributed by atoms with Gasteiger partial charge in [0.1, 0.15) is 0 Å². The molecule has 1 aromatic carbocycles. The van der Waals surface area contributed by atoms with Crippen molar-refractivity contribution in [1.82, 2.24) is 10.2 Å². The van der Waals surface area contributed by atoms with Crippen LogP contribution in [0, 0.1) is 5.92 Å². The highest BCUT2D eigenvalue weighted by atomic mass is 35.5. The molecule has 0 amide bonds. The predicted octanol–water partition coefficient (Wildman–Crippen LogP) is 3.08. The van der Waals surface area contributed by atoms with Crippen molar-refractivity contribution in [2.24, 2.45) is 5.92 Å². The molecule has 0 spiro atoms. The molecule has 0 aromatic heterocycles. The molecule has 4 heteroatoms. The van der Waals surface area contributed by atoms with E-state index >= 15 is 0 Å². The largest absolute Gasteiger partial charge is 0.392 e. The Morgan fingerprint density at radius 1 is 1.24 bits per heavy atom. The first-order valence-electron chi connectivity index (χ1n) is 7.94. The highest BCUT2D eigenvalue weighted by Crippen LogP contribution is 2.19. The monoisotopic (exact) mass is 310 g/mol. The van der Waals surface area contributed by atoms with Crippen LogP contribution in [0.5, 0.6) is 0 Å². The summed E-state index contributed by atoms with van der Waals surface area (Å²) < 4.78 is 0. The lowest BCUT2D eigenvalue weighted by Gasteiger charge is -2.33. The Kier molecular flexibility index (Phi) is 6.49. The molecule has 2 rings (SSSR count). The highest BCUT2D eigenvalue weighted by molar-refractivity contribution is 6.30. The van der Waals surface area contributed by atoms with Crippen molar-refractivity contribution in [3.05, 3.63) is 34.9 Å². The third-order valence-corrected chi connectivity index (χ3v) is 4.56. The van der Waals surface area contributed by atoms with Gasteiger partial charge in [0, 0.05) is 17.6 Å². The molecule has 1 aromatic rings. The lowest BCUT2D eigenvalue weighted by Crippen LogP contribution is -2.40. The number of likely N-dealkylation sites (tertiary alicyclic amines) is 1. The van der Waals surface area contributed by atoms with Gasteiger partial charge in [-0.1, -0.05) is 23.7 Å². The van der Waals surface area contributed by atoms with Gasteiger partial charge in [-0.2, -0.15) is 0 Å². The number of hydrogen-bond acceptors (Lipinski definition) is 3. The molecule has 0 bridgehead atoms. The zero-order valence-electron chi connectivity index (χ0n) is 13.1. The molecular weight excluding hydrogens is 284 g/mol. The number of rotatable bonds is 6. The number of hydrogen-bond donors (Lipinski definition) is 2. The fraction of sp³-hybridized carbons (Fsp3) is 0.647. The van der Waals surface area contributed by atoms with Crippen LogP contribution >= 0.6 is 11.6 Å². The summed E-state index contributed by atoms with van der Waals surface area (Å²) in [5.41, 5.74) is 1.28. The number of aliphatic hydroxyl groups excluding tert-OH is 1. The van der Waals surface area contributed by atoms with Crippen molar-refractivity contribution in [2.75, 3.05) is 26.2 Å². The van der Waals surface area contributed by atoms with E-state index in [1.165, 1.54) is 18.4 Å². The predicted molar refractivity (Wildman–Crippen MR) is 88.7 cm³/mol. The first kappa shape index (κ1) is 16.8. The number of nitrogens with zero attached hydrogens (tertiary/aromatic N) is 1. The maximum atomic E-state index is 9.43. The maximum Gasteiger partial charge on any atom is 0.0639 e. The first-order valence-corrected chi connectivity index (χ1v) is 8.31. The van der Waals surface area contributed by atoms with Crippen molar-refractivity contribution in [2.45, 2.75) is 38.8 Å². The van der Waals surface area contributed by atoms with E-state index in [1.807, 2.05) is 19.1 Å². The molecule has 0 unspecified atom stereocenters. The summed E-state index contributed by atoms with van der Waals surface area (Å²) in [7, 11) is 0. The van der Waals surface area contributed by atoms with Gasteiger partial charge in [-0.05, 0) is 69.9 Å². The average Bonchev–Trinajstić information content (AvgIpc) is 2.46. The molecule has 118 valence electrons.